The third-order valence-electron chi connectivity index (χ3n) is 1.85. The second-order valence-corrected chi connectivity index (χ2v) is 3.03. The molecule has 0 aliphatic carbocycles. The van der Waals surface area contributed by atoms with Crippen LogP contribution in [0.2, 0.25) is 0 Å². The van der Waals surface area contributed by atoms with E-state index in [1.165, 1.54) is 0 Å². The number of imidazole rings is 1. The van der Waals surface area contributed by atoms with Crippen molar-refractivity contribution in [2.45, 2.75) is 26.3 Å². The van der Waals surface area contributed by atoms with E-state index in [0.29, 0.717) is 12.5 Å². The van der Waals surface area contributed by atoms with Crippen LogP contribution in [0, 0.1) is 0 Å². The molecule has 0 fully saturated rings. The molecule has 0 aliphatic heterocycles. The Morgan fingerprint density at radius 2 is 2.27 bits per heavy atom. The maximum Gasteiger partial charge on any atom is 0.111 e. The van der Waals surface area contributed by atoms with Crippen molar-refractivity contribution >= 4 is 0 Å². The quantitative estimate of drug-likeness (QED) is 0.689. The van der Waals surface area contributed by atoms with Gasteiger partial charge in [0.2, 0.25) is 0 Å². The lowest BCUT2D eigenvalue weighted by atomic mass is 10.2. The summed E-state index contributed by atoms with van der Waals surface area (Å²) in [5.41, 5.74) is 6.59. The Hall–Kier alpha value is -0.830. The number of hydrogen-bond donors (Lipinski definition) is 1. The van der Waals surface area contributed by atoms with Gasteiger partial charge in [-0.2, -0.15) is 0 Å². The summed E-state index contributed by atoms with van der Waals surface area (Å²) in [4.78, 5) is 4.27. The second-order valence-electron chi connectivity index (χ2n) is 3.03. The minimum atomic E-state index is 0.472. The minimum Gasteiger partial charge on any atom is -0.334 e. The highest BCUT2D eigenvalue weighted by molar-refractivity contribution is 5.06. The van der Waals surface area contributed by atoms with Gasteiger partial charge in [-0.1, -0.05) is 13.8 Å². The molecule has 0 saturated carbocycles. The number of nitrogens with two attached hydrogens (primary N) is 1. The largest absolute Gasteiger partial charge is 0.334 e. The van der Waals surface area contributed by atoms with E-state index >= 15 is 0 Å². The zero-order valence-electron chi connectivity index (χ0n) is 7.33. The molecule has 1 aromatic rings. The van der Waals surface area contributed by atoms with E-state index in [4.69, 9.17) is 5.73 Å². The molecule has 1 aromatic heterocycles. The molecular weight excluding hydrogens is 138 g/mol. The fourth-order valence-electron chi connectivity index (χ4n) is 1.19. The molecule has 1 heterocycles. The average Bonchev–Trinajstić information content (AvgIpc) is 2.30. The predicted molar refractivity (Wildman–Crippen MR) is 45.2 cm³/mol. The SMILES string of the molecule is CC(C)c1ncc(CN)n1C. The van der Waals surface area contributed by atoms with Crippen molar-refractivity contribution < 1.29 is 0 Å². The van der Waals surface area contributed by atoms with Crippen LogP contribution in [0.5, 0.6) is 0 Å². The molecule has 11 heavy (non-hydrogen) atoms. The molecule has 62 valence electrons. The summed E-state index contributed by atoms with van der Waals surface area (Å²) in [6.07, 6.45) is 1.84. The maximum absolute atomic E-state index is 5.50. The molecule has 3 heteroatoms. The first-order valence-corrected chi connectivity index (χ1v) is 3.87. The van der Waals surface area contributed by atoms with Gasteiger partial charge in [0.15, 0.2) is 0 Å². The summed E-state index contributed by atoms with van der Waals surface area (Å²) in [5.74, 6) is 1.57. The summed E-state index contributed by atoms with van der Waals surface area (Å²) >= 11 is 0. The molecule has 0 atom stereocenters. The van der Waals surface area contributed by atoms with Gasteiger partial charge in [0.05, 0.1) is 5.69 Å². The molecule has 0 unspecified atom stereocenters. The first-order chi connectivity index (χ1) is 5.16. The van der Waals surface area contributed by atoms with Gasteiger partial charge in [-0.05, 0) is 0 Å². The van der Waals surface area contributed by atoms with Crippen LogP contribution in [-0.2, 0) is 13.6 Å². The average molecular weight is 153 g/mol. The van der Waals surface area contributed by atoms with Crippen molar-refractivity contribution in [3.63, 3.8) is 0 Å². The van der Waals surface area contributed by atoms with Crippen LogP contribution in [-0.4, -0.2) is 9.55 Å². The Labute approximate surface area is 67.2 Å². The van der Waals surface area contributed by atoms with Crippen molar-refractivity contribution in [3.05, 3.63) is 17.7 Å². The van der Waals surface area contributed by atoms with Gasteiger partial charge >= 0.3 is 0 Å². The molecule has 0 saturated heterocycles. The Morgan fingerprint density at radius 3 is 2.55 bits per heavy atom. The fourth-order valence-corrected chi connectivity index (χ4v) is 1.19. The minimum absolute atomic E-state index is 0.472. The van der Waals surface area contributed by atoms with Crippen molar-refractivity contribution in [2.24, 2.45) is 12.8 Å². The third-order valence-corrected chi connectivity index (χ3v) is 1.85. The second kappa shape index (κ2) is 3.05. The van der Waals surface area contributed by atoms with Crippen molar-refractivity contribution in [2.75, 3.05) is 0 Å². The van der Waals surface area contributed by atoms with Gasteiger partial charge in [-0.25, -0.2) is 4.98 Å². The van der Waals surface area contributed by atoms with Crippen molar-refractivity contribution in [1.29, 1.82) is 0 Å². The maximum atomic E-state index is 5.50. The lowest BCUT2D eigenvalue weighted by molar-refractivity contribution is 0.688. The summed E-state index contributed by atoms with van der Waals surface area (Å²) < 4.78 is 2.06. The van der Waals surface area contributed by atoms with Gasteiger partial charge in [-0.3, -0.25) is 0 Å². The van der Waals surface area contributed by atoms with Gasteiger partial charge < -0.3 is 10.3 Å². The first-order valence-electron chi connectivity index (χ1n) is 3.87. The van der Waals surface area contributed by atoms with Crippen LogP contribution < -0.4 is 5.73 Å². The molecule has 2 N–H and O–H groups in total. The molecular formula is C8H15N3. The summed E-state index contributed by atoms with van der Waals surface area (Å²) in [6, 6.07) is 0. The smallest absolute Gasteiger partial charge is 0.111 e. The molecule has 0 radical (unpaired) electrons. The molecule has 1 rings (SSSR count). The van der Waals surface area contributed by atoms with E-state index in [0.717, 1.165) is 11.5 Å². The van der Waals surface area contributed by atoms with Crippen LogP contribution in [0.25, 0.3) is 0 Å². The Bertz CT molecular complexity index is 237. The van der Waals surface area contributed by atoms with Crippen molar-refractivity contribution in [1.82, 2.24) is 9.55 Å². The molecule has 0 aliphatic rings. The molecule has 0 amide bonds. The monoisotopic (exact) mass is 153 g/mol. The number of hydrogen-bond acceptors (Lipinski definition) is 2. The van der Waals surface area contributed by atoms with E-state index < -0.39 is 0 Å². The van der Waals surface area contributed by atoms with Crippen LogP contribution >= 0.6 is 0 Å². The summed E-state index contributed by atoms with van der Waals surface area (Å²) in [6.45, 7) is 4.82. The highest BCUT2D eigenvalue weighted by Crippen LogP contribution is 2.12. The molecule has 0 aromatic carbocycles. The topological polar surface area (TPSA) is 43.8 Å². The molecule has 0 spiro atoms. The zero-order valence-corrected chi connectivity index (χ0v) is 7.33. The van der Waals surface area contributed by atoms with Crippen LogP contribution in [0.15, 0.2) is 6.20 Å². The third kappa shape index (κ3) is 1.43. The van der Waals surface area contributed by atoms with Gasteiger partial charge in [0.25, 0.3) is 0 Å². The standard InChI is InChI=1S/C8H15N3/c1-6(2)8-10-5-7(4-9)11(8)3/h5-6H,4,9H2,1-3H3. The van der Waals surface area contributed by atoms with Gasteiger partial charge in [0.1, 0.15) is 5.82 Å². The van der Waals surface area contributed by atoms with Gasteiger partial charge in [-0.15, -0.1) is 0 Å². The summed E-state index contributed by atoms with van der Waals surface area (Å²) in [5, 5.41) is 0. The predicted octanol–water partition coefficient (Wildman–Crippen LogP) is 1.00. The van der Waals surface area contributed by atoms with E-state index in [1.54, 1.807) is 0 Å². The molecule has 0 bridgehead atoms. The summed E-state index contributed by atoms with van der Waals surface area (Å²) in [7, 11) is 2.00. The Morgan fingerprint density at radius 1 is 1.64 bits per heavy atom. The van der Waals surface area contributed by atoms with Crippen LogP contribution in [0.4, 0.5) is 0 Å². The first kappa shape index (κ1) is 8.27. The van der Waals surface area contributed by atoms with Crippen molar-refractivity contribution in [3.8, 4) is 0 Å². The Kier molecular flexibility index (Phi) is 2.29. The van der Waals surface area contributed by atoms with Gasteiger partial charge in [0, 0.05) is 25.7 Å². The molecule has 3 nitrogen and oxygen atoms in total. The highest BCUT2D eigenvalue weighted by atomic mass is 15.1. The Balaban J connectivity index is 3.00. The van der Waals surface area contributed by atoms with Crippen LogP contribution in [0.1, 0.15) is 31.3 Å². The van der Waals surface area contributed by atoms with E-state index in [9.17, 15) is 0 Å². The highest BCUT2D eigenvalue weighted by Gasteiger charge is 2.07. The van der Waals surface area contributed by atoms with E-state index in [2.05, 4.69) is 23.4 Å². The normalized spacial score (nSPS) is 11.0. The number of rotatable bonds is 2. The lowest BCUT2D eigenvalue weighted by Crippen LogP contribution is -2.06. The number of aromatic nitrogens is 2. The van der Waals surface area contributed by atoms with E-state index in [-0.39, 0.29) is 0 Å². The zero-order chi connectivity index (χ0) is 8.43. The lowest BCUT2D eigenvalue weighted by Gasteiger charge is -2.06. The number of nitrogens with zero attached hydrogens (tertiary/aromatic N) is 2. The van der Waals surface area contributed by atoms with E-state index in [1.807, 2.05) is 13.2 Å². The van der Waals surface area contributed by atoms with Crippen LogP contribution in [0.3, 0.4) is 0 Å². The fraction of sp³-hybridized carbons (Fsp3) is 0.625.